The summed E-state index contributed by atoms with van der Waals surface area (Å²) in [6.45, 7) is 0.814. The minimum absolute atomic E-state index is 0.128. The maximum Gasteiger partial charge on any atom is 0.430 e. The summed E-state index contributed by atoms with van der Waals surface area (Å²) < 4.78 is 4.59. The Morgan fingerprint density at radius 3 is 2.62 bits per heavy atom. The number of nitrogens with one attached hydrogen (secondary N) is 1. The molecule has 0 aromatic rings. The van der Waals surface area contributed by atoms with Crippen molar-refractivity contribution in [2.24, 2.45) is 21.1 Å². The second-order valence-corrected chi connectivity index (χ2v) is 2.32. The van der Waals surface area contributed by atoms with E-state index >= 15 is 0 Å². The first-order valence-electron chi connectivity index (χ1n) is 4.24. The number of rotatable bonds is 5. The van der Waals surface area contributed by atoms with Crippen LogP contribution in [0.25, 0.3) is 0 Å². The van der Waals surface area contributed by atoms with Crippen LogP contribution in [0.4, 0.5) is 4.79 Å². The zero-order chi connectivity index (χ0) is 12.4. The predicted molar refractivity (Wildman–Crippen MR) is 54.9 cm³/mol. The Morgan fingerprint density at radius 2 is 2.12 bits per heavy atom. The second kappa shape index (κ2) is 8.08. The van der Waals surface area contributed by atoms with Crippen molar-refractivity contribution < 1.29 is 9.53 Å². The highest BCUT2D eigenvalue weighted by Gasteiger charge is 2.15. The number of hydrogen-bond donors (Lipinski definition) is 2. The molecule has 0 fully saturated rings. The van der Waals surface area contributed by atoms with Crippen LogP contribution in [-0.4, -0.2) is 37.0 Å². The SMILES string of the molecule is CCOC(=O)N(CN=O)NC(N)=NCN=O. The molecule has 10 heteroatoms. The van der Waals surface area contributed by atoms with Gasteiger partial charge in [-0.2, -0.15) is 5.01 Å². The Morgan fingerprint density at radius 1 is 1.44 bits per heavy atom. The fourth-order valence-electron chi connectivity index (χ4n) is 0.677. The average molecular weight is 232 g/mol. The highest BCUT2D eigenvalue weighted by molar-refractivity contribution is 5.80. The number of carbonyl (C=O) groups excluding carboxylic acids is 1. The van der Waals surface area contributed by atoms with Gasteiger partial charge in [-0.15, -0.1) is 9.81 Å². The molecule has 0 radical (unpaired) electrons. The molecule has 0 aromatic heterocycles. The van der Waals surface area contributed by atoms with Crippen molar-refractivity contribution in [1.29, 1.82) is 0 Å². The number of nitroso groups, excluding NO2 is 2. The summed E-state index contributed by atoms with van der Waals surface area (Å²) in [7, 11) is 0. The summed E-state index contributed by atoms with van der Waals surface area (Å²) in [6, 6.07) is 0. The number of carbonyl (C=O) groups is 1. The topological polar surface area (TPSA) is 139 Å². The number of nitrogens with two attached hydrogens (primary N) is 1. The summed E-state index contributed by atoms with van der Waals surface area (Å²) in [6.07, 6.45) is -0.834. The van der Waals surface area contributed by atoms with E-state index in [1.165, 1.54) is 0 Å². The normalized spacial score (nSPS) is 10.4. The smallest absolute Gasteiger partial charge is 0.430 e. The molecule has 0 bridgehead atoms. The van der Waals surface area contributed by atoms with Gasteiger partial charge in [-0.25, -0.2) is 9.79 Å². The number of nitrogens with zero attached hydrogens (tertiary/aromatic N) is 4. The Labute approximate surface area is 90.7 Å². The summed E-state index contributed by atoms with van der Waals surface area (Å²) in [4.78, 5) is 34.4. The quantitative estimate of drug-likeness (QED) is 0.289. The van der Waals surface area contributed by atoms with Gasteiger partial charge in [0.1, 0.15) is 0 Å². The van der Waals surface area contributed by atoms with Crippen LogP contribution >= 0.6 is 0 Å². The van der Waals surface area contributed by atoms with E-state index < -0.39 is 19.4 Å². The lowest BCUT2D eigenvalue weighted by Gasteiger charge is -2.19. The molecule has 10 nitrogen and oxygen atoms in total. The Kier molecular flexibility index (Phi) is 6.94. The van der Waals surface area contributed by atoms with Crippen LogP contribution < -0.4 is 11.2 Å². The van der Waals surface area contributed by atoms with Gasteiger partial charge in [0.05, 0.1) is 6.61 Å². The number of ether oxygens (including phenoxy) is 1. The van der Waals surface area contributed by atoms with Gasteiger partial charge in [0.15, 0.2) is 13.3 Å². The first-order chi connectivity index (χ1) is 7.65. The number of amides is 1. The van der Waals surface area contributed by atoms with Gasteiger partial charge in [-0.3, -0.25) is 5.43 Å². The highest BCUT2D eigenvalue weighted by atomic mass is 16.6. The maximum absolute atomic E-state index is 11.2. The van der Waals surface area contributed by atoms with Crippen molar-refractivity contribution >= 4 is 12.1 Å². The van der Waals surface area contributed by atoms with Crippen molar-refractivity contribution in [3.05, 3.63) is 9.81 Å². The lowest BCUT2D eigenvalue weighted by molar-refractivity contribution is 0.0984. The van der Waals surface area contributed by atoms with Gasteiger partial charge in [0.25, 0.3) is 0 Å². The third kappa shape index (κ3) is 5.47. The summed E-state index contributed by atoms with van der Waals surface area (Å²) >= 11 is 0. The summed E-state index contributed by atoms with van der Waals surface area (Å²) in [5.41, 5.74) is 7.50. The van der Waals surface area contributed by atoms with Crippen molar-refractivity contribution in [2.75, 3.05) is 19.9 Å². The Balaban J connectivity index is 4.36. The third-order valence-electron chi connectivity index (χ3n) is 1.24. The van der Waals surface area contributed by atoms with E-state index in [1.807, 2.05) is 0 Å². The maximum atomic E-state index is 11.2. The monoisotopic (exact) mass is 232 g/mol. The van der Waals surface area contributed by atoms with Crippen molar-refractivity contribution in [3.63, 3.8) is 0 Å². The molecule has 0 unspecified atom stereocenters. The lowest BCUT2D eigenvalue weighted by atomic mass is 10.8. The zero-order valence-electron chi connectivity index (χ0n) is 8.62. The number of hydrazine groups is 1. The molecule has 3 N–H and O–H groups in total. The molecule has 0 heterocycles. The third-order valence-corrected chi connectivity index (χ3v) is 1.24. The molecule has 0 saturated heterocycles. The van der Waals surface area contributed by atoms with Crippen LogP contribution in [0.1, 0.15) is 6.92 Å². The van der Waals surface area contributed by atoms with E-state index in [0.717, 1.165) is 0 Å². The molecule has 1 amide bonds. The standard InChI is InChI=1S/C6H12N6O4/c1-2-16-6(13)12(4-10-15)11-5(7)8-3-9-14/h2-4H2,1H3,(H3,7,8,11). The van der Waals surface area contributed by atoms with Gasteiger partial charge in [0.2, 0.25) is 5.96 Å². The van der Waals surface area contributed by atoms with Crippen LogP contribution in [0.5, 0.6) is 0 Å². The molecule has 0 aliphatic rings. The van der Waals surface area contributed by atoms with Crippen molar-refractivity contribution in [1.82, 2.24) is 10.4 Å². The molecule has 0 atom stereocenters. The number of aliphatic imine (C=N–C) groups is 1. The Hall–Kier alpha value is -2.26. The van der Waals surface area contributed by atoms with Gasteiger partial charge >= 0.3 is 6.09 Å². The lowest BCUT2D eigenvalue weighted by Crippen LogP contribution is -2.49. The minimum atomic E-state index is -0.834. The van der Waals surface area contributed by atoms with Crippen molar-refractivity contribution in [3.8, 4) is 0 Å². The summed E-state index contributed by atoms with van der Waals surface area (Å²) in [5.74, 6) is -0.253. The minimum Gasteiger partial charge on any atom is -0.448 e. The predicted octanol–water partition coefficient (Wildman–Crippen LogP) is -0.288. The van der Waals surface area contributed by atoms with E-state index in [4.69, 9.17) is 5.73 Å². The van der Waals surface area contributed by atoms with E-state index in [2.05, 4.69) is 25.5 Å². The molecule has 90 valence electrons. The molecule has 0 rings (SSSR count). The second-order valence-electron chi connectivity index (χ2n) is 2.32. The zero-order valence-corrected chi connectivity index (χ0v) is 8.62. The van der Waals surface area contributed by atoms with Gasteiger partial charge in [0, 0.05) is 0 Å². The molecule has 16 heavy (non-hydrogen) atoms. The van der Waals surface area contributed by atoms with Crippen molar-refractivity contribution in [2.45, 2.75) is 6.92 Å². The van der Waals surface area contributed by atoms with E-state index in [9.17, 15) is 14.6 Å². The molecule has 0 saturated carbocycles. The van der Waals surface area contributed by atoms with E-state index in [0.29, 0.717) is 5.01 Å². The Bertz CT molecular complexity index is 280. The number of guanidine groups is 1. The molecular formula is C6H12N6O4. The fraction of sp³-hybridized carbons (Fsp3) is 0.667. The molecule has 0 aliphatic carbocycles. The van der Waals surface area contributed by atoms with Crippen LogP contribution in [0.3, 0.4) is 0 Å². The van der Waals surface area contributed by atoms with Crippen LogP contribution in [0.2, 0.25) is 0 Å². The average Bonchev–Trinajstić information content (AvgIpc) is 2.26. The van der Waals surface area contributed by atoms with Crippen LogP contribution in [0.15, 0.2) is 15.3 Å². The van der Waals surface area contributed by atoms with E-state index in [-0.39, 0.29) is 12.6 Å². The number of hydrogen-bond acceptors (Lipinski definition) is 7. The molecule has 0 aromatic carbocycles. The van der Waals surface area contributed by atoms with Gasteiger partial charge < -0.3 is 10.5 Å². The highest BCUT2D eigenvalue weighted by Crippen LogP contribution is 1.90. The molecular weight excluding hydrogens is 220 g/mol. The summed E-state index contributed by atoms with van der Waals surface area (Å²) in [5, 5.41) is 5.63. The van der Waals surface area contributed by atoms with Gasteiger partial charge in [-0.05, 0) is 17.3 Å². The first-order valence-corrected chi connectivity index (χ1v) is 4.24. The molecule has 0 spiro atoms. The van der Waals surface area contributed by atoms with Crippen LogP contribution in [0, 0.1) is 9.81 Å². The molecule has 0 aliphatic heterocycles. The first kappa shape index (κ1) is 13.7. The van der Waals surface area contributed by atoms with Crippen LogP contribution in [-0.2, 0) is 4.74 Å². The van der Waals surface area contributed by atoms with E-state index in [1.54, 1.807) is 6.92 Å². The van der Waals surface area contributed by atoms with Gasteiger partial charge in [-0.1, -0.05) is 0 Å². The largest absolute Gasteiger partial charge is 0.448 e. The fourth-order valence-corrected chi connectivity index (χ4v) is 0.677.